The van der Waals surface area contributed by atoms with Crippen LogP contribution in [0.1, 0.15) is 43.2 Å². The number of aliphatic hydroxyl groups is 1. The lowest BCUT2D eigenvalue weighted by Crippen LogP contribution is -2.56. The minimum atomic E-state index is -0.741. The van der Waals surface area contributed by atoms with Crippen molar-refractivity contribution in [2.24, 2.45) is 0 Å². The van der Waals surface area contributed by atoms with Crippen molar-refractivity contribution in [3.63, 3.8) is 0 Å². The molecular formula is C24H26N2O. The zero-order chi connectivity index (χ0) is 18.3. The third-order valence-corrected chi connectivity index (χ3v) is 6.51. The Labute approximate surface area is 160 Å². The summed E-state index contributed by atoms with van der Waals surface area (Å²) in [4.78, 5) is 7.13. The third-order valence-electron chi connectivity index (χ3n) is 6.51. The van der Waals surface area contributed by atoms with Gasteiger partial charge in [0.25, 0.3) is 0 Å². The van der Waals surface area contributed by atoms with E-state index in [0.717, 1.165) is 35.9 Å². The molecule has 2 aliphatic heterocycles. The molecule has 138 valence electrons. The van der Waals surface area contributed by atoms with Gasteiger partial charge in [-0.1, -0.05) is 55.0 Å². The summed E-state index contributed by atoms with van der Waals surface area (Å²) in [5.41, 5.74) is 2.63. The van der Waals surface area contributed by atoms with Crippen LogP contribution in [-0.4, -0.2) is 27.1 Å². The molecule has 2 saturated heterocycles. The molecule has 0 saturated carbocycles. The highest BCUT2D eigenvalue weighted by atomic mass is 16.3. The summed E-state index contributed by atoms with van der Waals surface area (Å²) >= 11 is 0. The number of fused-ring (bicyclic) bond motifs is 3. The first kappa shape index (κ1) is 16.9. The van der Waals surface area contributed by atoms with Gasteiger partial charge in [-0.25, -0.2) is 0 Å². The number of aromatic nitrogens is 1. The van der Waals surface area contributed by atoms with E-state index in [1.54, 1.807) is 0 Å². The second kappa shape index (κ2) is 6.74. The van der Waals surface area contributed by atoms with E-state index in [0.29, 0.717) is 12.1 Å². The summed E-state index contributed by atoms with van der Waals surface area (Å²) in [5, 5.41) is 12.8. The first-order valence-corrected chi connectivity index (χ1v) is 10.1. The van der Waals surface area contributed by atoms with E-state index >= 15 is 0 Å². The predicted molar refractivity (Wildman–Crippen MR) is 108 cm³/mol. The van der Waals surface area contributed by atoms with E-state index in [2.05, 4.69) is 64.5 Å². The molecule has 3 heterocycles. The van der Waals surface area contributed by atoms with Gasteiger partial charge in [-0.15, -0.1) is 0 Å². The van der Waals surface area contributed by atoms with Gasteiger partial charge in [0.2, 0.25) is 0 Å². The molecule has 0 radical (unpaired) electrons. The predicted octanol–water partition coefficient (Wildman–Crippen LogP) is 4.64. The van der Waals surface area contributed by atoms with Crippen LogP contribution < -0.4 is 0 Å². The van der Waals surface area contributed by atoms with Crippen LogP contribution in [0.3, 0.4) is 0 Å². The summed E-state index contributed by atoms with van der Waals surface area (Å²) in [7, 11) is 0. The zero-order valence-electron chi connectivity index (χ0n) is 15.6. The summed E-state index contributed by atoms with van der Waals surface area (Å²) in [6, 6.07) is 22.0. The summed E-state index contributed by atoms with van der Waals surface area (Å²) < 4.78 is 0. The van der Waals surface area contributed by atoms with Crippen LogP contribution in [0.5, 0.6) is 0 Å². The molecule has 2 unspecified atom stereocenters. The van der Waals surface area contributed by atoms with Gasteiger partial charge in [0.1, 0.15) is 0 Å². The lowest BCUT2D eigenvalue weighted by molar-refractivity contribution is -0.0998. The van der Waals surface area contributed by atoms with Crippen molar-refractivity contribution < 1.29 is 5.11 Å². The van der Waals surface area contributed by atoms with E-state index in [9.17, 15) is 5.11 Å². The number of piperidine rings is 2. The van der Waals surface area contributed by atoms with Crippen LogP contribution in [-0.2, 0) is 12.1 Å². The minimum Gasteiger partial charge on any atom is -0.385 e. The van der Waals surface area contributed by atoms with Crippen molar-refractivity contribution in [2.45, 2.75) is 56.3 Å². The van der Waals surface area contributed by atoms with Crippen LogP contribution in [0.4, 0.5) is 0 Å². The van der Waals surface area contributed by atoms with Gasteiger partial charge < -0.3 is 5.11 Å². The highest BCUT2D eigenvalue weighted by molar-refractivity contribution is 5.79. The quantitative estimate of drug-likeness (QED) is 0.741. The smallest absolute Gasteiger partial charge is 0.0927 e. The Bertz CT molecular complexity index is 925. The highest BCUT2D eigenvalue weighted by Gasteiger charge is 2.46. The number of nitrogens with zero attached hydrogens (tertiary/aromatic N) is 2. The Hall–Kier alpha value is -2.23. The van der Waals surface area contributed by atoms with Crippen LogP contribution in [0, 0.1) is 0 Å². The molecule has 0 aliphatic carbocycles. The number of rotatable bonds is 3. The van der Waals surface area contributed by atoms with Crippen molar-refractivity contribution in [1.82, 2.24) is 9.88 Å². The average Bonchev–Trinajstić information content (AvgIpc) is 2.69. The van der Waals surface area contributed by atoms with E-state index in [4.69, 9.17) is 0 Å². The van der Waals surface area contributed by atoms with Crippen molar-refractivity contribution >= 4 is 10.9 Å². The SMILES string of the molecule is OC1(c2ccc3cccnc3c2)CC2CCCC(C1)N2Cc1ccccc1. The molecule has 1 N–H and O–H groups in total. The lowest BCUT2D eigenvalue weighted by atomic mass is 9.72. The summed E-state index contributed by atoms with van der Waals surface area (Å²) in [6.45, 7) is 0.992. The maximum atomic E-state index is 11.6. The number of pyridine rings is 1. The van der Waals surface area contributed by atoms with Gasteiger partial charge in [-0.2, -0.15) is 0 Å². The molecule has 0 amide bonds. The first-order valence-electron chi connectivity index (χ1n) is 10.1. The number of hydrogen-bond donors (Lipinski definition) is 1. The molecule has 2 fully saturated rings. The Morgan fingerprint density at radius 2 is 1.74 bits per heavy atom. The monoisotopic (exact) mass is 358 g/mol. The average molecular weight is 358 g/mol. The molecule has 0 spiro atoms. The Morgan fingerprint density at radius 1 is 0.963 bits per heavy atom. The second-order valence-corrected chi connectivity index (χ2v) is 8.25. The van der Waals surface area contributed by atoms with Crippen molar-refractivity contribution in [2.75, 3.05) is 0 Å². The van der Waals surface area contributed by atoms with Crippen LogP contribution in [0.2, 0.25) is 0 Å². The normalized spacial score (nSPS) is 28.3. The molecule has 3 nitrogen and oxygen atoms in total. The van der Waals surface area contributed by atoms with Crippen LogP contribution >= 0.6 is 0 Å². The van der Waals surface area contributed by atoms with E-state index in [-0.39, 0.29) is 0 Å². The zero-order valence-corrected chi connectivity index (χ0v) is 15.6. The fourth-order valence-corrected chi connectivity index (χ4v) is 5.16. The maximum Gasteiger partial charge on any atom is 0.0927 e. The minimum absolute atomic E-state index is 0.446. The number of hydrogen-bond acceptors (Lipinski definition) is 3. The molecule has 2 aliphatic rings. The molecule has 2 bridgehead atoms. The first-order chi connectivity index (χ1) is 13.2. The molecule has 27 heavy (non-hydrogen) atoms. The van der Waals surface area contributed by atoms with Gasteiger partial charge >= 0.3 is 0 Å². The van der Waals surface area contributed by atoms with E-state index < -0.39 is 5.60 Å². The van der Waals surface area contributed by atoms with Gasteiger partial charge in [-0.05, 0) is 48.9 Å². The standard InChI is InChI=1S/C24H26N2O/c27-24(20-12-11-19-8-5-13-25-23(19)14-20)15-21-9-4-10-22(16-24)26(21)17-18-6-2-1-3-7-18/h1-3,5-8,11-14,21-22,27H,4,9-10,15-17H2. The van der Waals surface area contributed by atoms with Crippen molar-refractivity contribution in [3.05, 3.63) is 78.0 Å². The van der Waals surface area contributed by atoms with E-state index in [1.807, 2.05) is 12.3 Å². The number of benzene rings is 2. The van der Waals surface area contributed by atoms with Crippen LogP contribution in [0.15, 0.2) is 66.9 Å². The Balaban J connectivity index is 1.44. The Morgan fingerprint density at radius 3 is 2.52 bits per heavy atom. The fourth-order valence-electron chi connectivity index (χ4n) is 5.16. The molecule has 3 heteroatoms. The fraction of sp³-hybridized carbons (Fsp3) is 0.375. The highest BCUT2D eigenvalue weighted by Crippen LogP contribution is 2.45. The molecule has 5 rings (SSSR count). The largest absolute Gasteiger partial charge is 0.385 e. The summed E-state index contributed by atoms with van der Waals surface area (Å²) in [5.74, 6) is 0. The van der Waals surface area contributed by atoms with Gasteiger partial charge in [0, 0.05) is 30.2 Å². The van der Waals surface area contributed by atoms with E-state index in [1.165, 1.54) is 24.8 Å². The molecule has 2 atom stereocenters. The van der Waals surface area contributed by atoms with Crippen molar-refractivity contribution in [3.8, 4) is 0 Å². The maximum absolute atomic E-state index is 11.6. The van der Waals surface area contributed by atoms with Crippen molar-refractivity contribution in [1.29, 1.82) is 0 Å². The second-order valence-electron chi connectivity index (χ2n) is 8.25. The lowest BCUT2D eigenvalue weighted by Gasteiger charge is -2.52. The third kappa shape index (κ3) is 3.15. The van der Waals surface area contributed by atoms with Gasteiger partial charge in [0.15, 0.2) is 0 Å². The topological polar surface area (TPSA) is 36.4 Å². The molecule has 3 aromatic rings. The van der Waals surface area contributed by atoms with Crippen LogP contribution in [0.25, 0.3) is 10.9 Å². The Kier molecular flexibility index (Phi) is 4.22. The molecular weight excluding hydrogens is 332 g/mol. The molecule has 1 aromatic heterocycles. The van der Waals surface area contributed by atoms with Gasteiger partial charge in [0.05, 0.1) is 11.1 Å². The summed E-state index contributed by atoms with van der Waals surface area (Å²) in [6.07, 6.45) is 7.08. The molecule has 2 aromatic carbocycles. The van der Waals surface area contributed by atoms with Gasteiger partial charge in [-0.3, -0.25) is 9.88 Å².